The van der Waals surface area contributed by atoms with Crippen molar-refractivity contribution in [3.8, 4) is 0 Å². The number of benzene rings is 1. The first-order valence-electron chi connectivity index (χ1n) is 9.50. The minimum Gasteiger partial charge on any atom is -0.444 e. The summed E-state index contributed by atoms with van der Waals surface area (Å²) in [6.45, 7) is 8.17. The molecule has 1 heterocycles. The molecule has 1 aliphatic rings. The molecule has 2 N–H and O–H groups in total. The number of hydrogen-bond donors (Lipinski definition) is 1. The maximum Gasteiger partial charge on any atom is 0.410 e. The lowest BCUT2D eigenvalue weighted by molar-refractivity contribution is -0.120. The van der Waals surface area contributed by atoms with Crippen LogP contribution in [0, 0.1) is 0 Å². The van der Waals surface area contributed by atoms with Gasteiger partial charge in [0.1, 0.15) is 5.60 Å². The molecule has 1 fully saturated rings. The third-order valence-corrected chi connectivity index (χ3v) is 4.33. The quantitative estimate of drug-likeness (QED) is 0.793. The molecule has 1 aromatic rings. The van der Waals surface area contributed by atoms with E-state index in [0.29, 0.717) is 26.2 Å². The number of anilines is 1. The van der Waals surface area contributed by atoms with Gasteiger partial charge in [-0.25, -0.2) is 4.79 Å². The average molecular weight is 390 g/mol. The molecular weight excluding hydrogens is 360 g/mol. The van der Waals surface area contributed by atoms with Gasteiger partial charge in [0.25, 0.3) is 0 Å². The number of nitrogens with two attached hydrogens (primary N) is 1. The third-order valence-electron chi connectivity index (χ3n) is 4.33. The number of piperazine rings is 1. The summed E-state index contributed by atoms with van der Waals surface area (Å²) in [5, 5.41) is 0. The zero-order valence-corrected chi connectivity index (χ0v) is 16.9. The fourth-order valence-corrected chi connectivity index (χ4v) is 2.92. The van der Waals surface area contributed by atoms with Crippen molar-refractivity contribution in [1.82, 2.24) is 9.80 Å². The first-order valence-corrected chi connectivity index (χ1v) is 9.50. The van der Waals surface area contributed by atoms with Crippen molar-refractivity contribution in [2.75, 3.05) is 44.2 Å². The van der Waals surface area contributed by atoms with E-state index in [1.54, 1.807) is 9.80 Å². The van der Waals surface area contributed by atoms with Crippen LogP contribution in [0.2, 0.25) is 0 Å². The van der Waals surface area contributed by atoms with E-state index in [9.17, 15) is 14.4 Å². The Morgan fingerprint density at radius 2 is 1.68 bits per heavy atom. The highest BCUT2D eigenvalue weighted by atomic mass is 16.6. The molecule has 0 aromatic heterocycles. The SMILES string of the molecule is CC(C)(C)OC(=O)N1CCN(CC(=O)N(CCC(N)=O)c2ccccc2)CC1. The highest BCUT2D eigenvalue weighted by molar-refractivity contribution is 5.95. The molecule has 1 aromatic carbocycles. The number of ether oxygens (including phenoxy) is 1. The average Bonchev–Trinajstić information content (AvgIpc) is 2.61. The van der Waals surface area contributed by atoms with Gasteiger partial charge in [0.05, 0.1) is 6.54 Å². The van der Waals surface area contributed by atoms with Gasteiger partial charge in [-0.2, -0.15) is 0 Å². The molecule has 0 aliphatic carbocycles. The van der Waals surface area contributed by atoms with Crippen molar-refractivity contribution in [2.45, 2.75) is 32.8 Å². The molecule has 1 saturated heterocycles. The molecule has 3 amide bonds. The fourth-order valence-electron chi connectivity index (χ4n) is 2.92. The molecule has 0 radical (unpaired) electrons. The van der Waals surface area contributed by atoms with Gasteiger partial charge in [0, 0.05) is 44.8 Å². The van der Waals surface area contributed by atoms with Gasteiger partial charge in [0.2, 0.25) is 11.8 Å². The molecule has 0 unspecified atom stereocenters. The Kier molecular flexibility index (Phi) is 7.39. The Bertz CT molecular complexity index is 679. The van der Waals surface area contributed by atoms with Gasteiger partial charge in [-0.3, -0.25) is 14.5 Å². The van der Waals surface area contributed by atoms with Crippen molar-refractivity contribution in [3.05, 3.63) is 30.3 Å². The minimum absolute atomic E-state index is 0.0989. The maximum atomic E-state index is 12.9. The second-order valence-electron chi connectivity index (χ2n) is 7.84. The highest BCUT2D eigenvalue weighted by Gasteiger charge is 2.27. The predicted octanol–water partition coefficient (Wildman–Crippen LogP) is 1.45. The second kappa shape index (κ2) is 9.54. The number of amides is 3. The van der Waals surface area contributed by atoms with Crippen LogP contribution in [0.5, 0.6) is 0 Å². The smallest absolute Gasteiger partial charge is 0.410 e. The Hall–Kier alpha value is -2.61. The normalized spacial score (nSPS) is 15.2. The summed E-state index contributed by atoms with van der Waals surface area (Å²) in [5.74, 6) is -0.544. The zero-order chi connectivity index (χ0) is 20.7. The van der Waals surface area contributed by atoms with Crippen LogP contribution in [0.3, 0.4) is 0 Å². The van der Waals surface area contributed by atoms with Gasteiger partial charge >= 0.3 is 6.09 Å². The molecule has 0 spiro atoms. The van der Waals surface area contributed by atoms with Crippen LogP contribution in [0.25, 0.3) is 0 Å². The van der Waals surface area contributed by atoms with E-state index in [1.807, 2.05) is 56.0 Å². The van der Waals surface area contributed by atoms with E-state index >= 15 is 0 Å². The van der Waals surface area contributed by atoms with E-state index in [2.05, 4.69) is 0 Å². The topological polar surface area (TPSA) is 96.2 Å². The largest absolute Gasteiger partial charge is 0.444 e. The Morgan fingerprint density at radius 1 is 1.07 bits per heavy atom. The Labute approximate surface area is 166 Å². The molecule has 0 atom stereocenters. The number of carbonyl (C=O) groups excluding carboxylic acids is 3. The lowest BCUT2D eigenvalue weighted by Gasteiger charge is -2.36. The predicted molar refractivity (Wildman–Crippen MR) is 107 cm³/mol. The van der Waals surface area contributed by atoms with Crippen molar-refractivity contribution < 1.29 is 19.1 Å². The summed E-state index contributed by atoms with van der Waals surface area (Å²) >= 11 is 0. The minimum atomic E-state index is -0.527. The molecule has 154 valence electrons. The standard InChI is InChI=1S/C20H30N4O4/c1-20(2,3)28-19(27)23-13-11-22(12-14-23)15-18(26)24(10-9-17(21)25)16-7-5-4-6-8-16/h4-8H,9-15H2,1-3H3,(H2,21,25). The molecule has 1 aliphatic heterocycles. The molecule has 0 saturated carbocycles. The second-order valence-corrected chi connectivity index (χ2v) is 7.84. The maximum absolute atomic E-state index is 12.9. The number of primary amides is 1. The van der Waals surface area contributed by atoms with E-state index in [1.165, 1.54) is 0 Å². The third kappa shape index (κ3) is 6.84. The van der Waals surface area contributed by atoms with E-state index < -0.39 is 11.5 Å². The monoisotopic (exact) mass is 390 g/mol. The van der Waals surface area contributed by atoms with E-state index in [4.69, 9.17) is 10.5 Å². The Morgan fingerprint density at radius 3 is 2.21 bits per heavy atom. The van der Waals surface area contributed by atoms with Gasteiger partial charge in [-0.1, -0.05) is 18.2 Å². The van der Waals surface area contributed by atoms with Gasteiger partial charge < -0.3 is 20.3 Å². The lowest BCUT2D eigenvalue weighted by atomic mass is 10.2. The summed E-state index contributed by atoms with van der Waals surface area (Å²) in [6.07, 6.45) is -0.224. The Balaban J connectivity index is 1.92. The van der Waals surface area contributed by atoms with E-state index in [0.717, 1.165) is 5.69 Å². The summed E-state index contributed by atoms with van der Waals surface area (Å²) < 4.78 is 5.39. The van der Waals surface area contributed by atoms with Crippen LogP contribution in [0.15, 0.2) is 30.3 Å². The van der Waals surface area contributed by atoms with Crippen LogP contribution in [-0.4, -0.2) is 72.6 Å². The summed E-state index contributed by atoms with van der Waals surface area (Å²) in [4.78, 5) is 41.4. The van der Waals surface area contributed by atoms with Crippen LogP contribution in [0.4, 0.5) is 10.5 Å². The molecule has 0 bridgehead atoms. The number of carbonyl (C=O) groups is 3. The van der Waals surface area contributed by atoms with Gasteiger partial charge in [0.15, 0.2) is 0 Å². The summed E-state index contributed by atoms with van der Waals surface area (Å²) in [7, 11) is 0. The number of para-hydroxylation sites is 1. The molecule has 28 heavy (non-hydrogen) atoms. The van der Waals surface area contributed by atoms with Gasteiger partial charge in [-0.05, 0) is 32.9 Å². The van der Waals surface area contributed by atoms with Crippen molar-refractivity contribution in [3.63, 3.8) is 0 Å². The molecule has 8 heteroatoms. The lowest BCUT2D eigenvalue weighted by Crippen LogP contribution is -2.52. The first-order chi connectivity index (χ1) is 13.2. The molecule has 2 rings (SSSR count). The van der Waals surface area contributed by atoms with Crippen molar-refractivity contribution in [2.24, 2.45) is 5.73 Å². The van der Waals surface area contributed by atoms with E-state index in [-0.39, 0.29) is 31.5 Å². The van der Waals surface area contributed by atoms with Crippen LogP contribution < -0.4 is 10.6 Å². The van der Waals surface area contributed by atoms with Crippen LogP contribution in [-0.2, 0) is 14.3 Å². The fraction of sp³-hybridized carbons (Fsp3) is 0.550. The van der Waals surface area contributed by atoms with Crippen LogP contribution in [0.1, 0.15) is 27.2 Å². The molecule has 8 nitrogen and oxygen atoms in total. The van der Waals surface area contributed by atoms with Gasteiger partial charge in [-0.15, -0.1) is 0 Å². The number of nitrogens with zero attached hydrogens (tertiary/aromatic N) is 3. The zero-order valence-electron chi connectivity index (χ0n) is 16.9. The van der Waals surface area contributed by atoms with Crippen LogP contribution >= 0.6 is 0 Å². The molecular formula is C20H30N4O4. The highest BCUT2D eigenvalue weighted by Crippen LogP contribution is 2.16. The number of hydrogen-bond acceptors (Lipinski definition) is 5. The summed E-state index contributed by atoms with van der Waals surface area (Å²) in [5.41, 5.74) is 5.46. The number of rotatable bonds is 6. The van der Waals surface area contributed by atoms with Crippen molar-refractivity contribution >= 4 is 23.6 Å². The van der Waals surface area contributed by atoms with Crippen molar-refractivity contribution in [1.29, 1.82) is 0 Å². The summed E-state index contributed by atoms with van der Waals surface area (Å²) in [6, 6.07) is 9.23. The first kappa shape index (κ1) is 21.7.